The summed E-state index contributed by atoms with van der Waals surface area (Å²) in [6.07, 6.45) is 6.74. The zero-order valence-electron chi connectivity index (χ0n) is 40.4. The van der Waals surface area contributed by atoms with Gasteiger partial charge in [-0.25, -0.2) is 9.18 Å². The first-order valence-electron chi connectivity index (χ1n) is 24.4. The highest BCUT2D eigenvalue weighted by atomic mass is 19.1. The largest absolute Gasteiger partial charge is 0.487 e. The highest BCUT2D eigenvalue weighted by Gasteiger charge is 2.66. The first kappa shape index (κ1) is 51.8. The van der Waals surface area contributed by atoms with Crippen molar-refractivity contribution in [2.24, 2.45) is 22.9 Å². The summed E-state index contributed by atoms with van der Waals surface area (Å²) in [6, 6.07) is 27.0. The lowest BCUT2D eigenvalue weighted by Gasteiger charge is -2.59. The van der Waals surface area contributed by atoms with Gasteiger partial charge in [-0.1, -0.05) is 48.3 Å². The van der Waals surface area contributed by atoms with E-state index in [1.54, 1.807) is 30.3 Å². The number of non-ortho nitro benzene ring substituents is 2. The number of unbranched alkanes of at least 4 members (excludes halogenated alkanes) is 2. The maximum absolute atomic E-state index is 15.1. The number of nitro benzene ring substituents is 2. The Morgan fingerprint density at radius 2 is 1.56 bits per heavy atom. The molecule has 0 saturated heterocycles. The highest BCUT2D eigenvalue weighted by Crippen LogP contribution is 2.62. The molecule has 2 heterocycles. The van der Waals surface area contributed by atoms with E-state index in [4.69, 9.17) is 28.9 Å². The lowest BCUT2D eigenvalue weighted by molar-refractivity contribution is -0.385. The molecule has 1 fully saturated rings. The Bertz CT molecular complexity index is 2810. The molecule has 6 unspecified atom stereocenters. The van der Waals surface area contributed by atoms with E-state index in [2.05, 4.69) is 17.6 Å². The number of carbonyl (C=O) groups is 1. The molecule has 17 nitrogen and oxygen atoms in total. The maximum Gasteiger partial charge on any atom is 0.416 e. The van der Waals surface area contributed by atoms with Gasteiger partial charge in [-0.2, -0.15) is 0 Å². The Morgan fingerprint density at radius 3 is 2.23 bits per heavy atom. The average molecular weight is 1000 g/mol. The van der Waals surface area contributed by atoms with Gasteiger partial charge in [0, 0.05) is 67.6 Å². The average Bonchev–Trinajstić information content (AvgIpc) is 3.39. The van der Waals surface area contributed by atoms with Gasteiger partial charge in [0.05, 0.1) is 33.8 Å². The third-order valence-electron chi connectivity index (χ3n) is 13.7. The number of aromatic nitrogens is 1. The van der Waals surface area contributed by atoms with Crippen LogP contribution in [0.25, 0.3) is 0 Å². The number of oxime groups is 1. The van der Waals surface area contributed by atoms with Gasteiger partial charge in [0.2, 0.25) is 5.79 Å². The molecular formula is C55H58FN5O12. The summed E-state index contributed by atoms with van der Waals surface area (Å²) in [7, 11) is 0. The number of benzene rings is 4. The number of nitro groups is 2. The summed E-state index contributed by atoms with van der Waals surface area (Å²) >= 11 is 0. The third-order valence-corrected chi connectivity index (χ3v) is 13.7. The van der Waals surface area contributed by atoms with E-state index in [1.807, 2.05) is 43.3 Å². The molecule has 1 saturated carbocycles. The van der Waals surface area contributed by atoms with E-state index < -0.39 is 45.4 Å². The number of hydrogen-bond donors (Lipinski definition) is 2. The van der Waals surface area contributed by atoms with Crippen LogP contribution in [0.5, 0.6) is 17.2 Å². The van der Waals surface area contributed by atoms with Gasteiger partial charge < -0.3 is 34.0 Å². The molecule has 5 aromatic rings. The molecule has 2 N–H and O–H groups in total. The number of rotatable bonds is 23. The van der Waals surface area contributed by atoms with Crippen molar-refractivity contribution in [3.05, 3.63) is 188 Å². The Morgan fingerprint density at radius 1 is 0.890 bits per heavy atom. The first-order valence-corrected chi connectivity index (χ1v) is 24.4. The van der Waals surface area contributed by atoms with Gasteiger partial charge >= 0.3 is 6.09 Å². The number of pyridine rings is 1. The van der Waals surface area contributed by atoms with Crippen molar-refractivity contribution >= 4 is 23.2 Å². The first-order chi connectivity index (χ1) is 35.4. The molecule has 382 valence electrons. The van der Waals surface area contributed by atoms with Gasteiger partial charge in [0.25, 0.3) is 11.4 Å². The van der Waals surface area contributed by atoms with E-state index >= 15 is 4.79 Å². The Kier molecular flexibility index (Phi) is 16.9. The van der Waals surface area contributed by atoms with Crippen molar-refractivity contribution in [2.45, 2.75) is 89.4 Å². The SMILES string of the molecule is C=CCOC12Oc3ccc(OCc4cccc(C)n4)cc3C3C(CCCCO)C(CCCCO)C=C(C(=NOCc4ccc([N+](=O)[O-])cc4)CC1N(Cc1ccc(F)cc1)C(=O)Oc1ccc([N+](=O)[O-])cc1)C32. The molecule has 3 aliphatic rings. The number of nitrogens with zero attached hydrogens (tertiary/aromatic N) is 5. The molecule has 1 amide bonds. The number of aliphatic hydroxyl groups excluding tert-OH is 2. The van der Waals surface area contributed by atoms with Gasteiger partial charge in [-0.3, -0.25) is 30.1 Å². The Labute approximate surface area is 421 Å². The van der Waals surface area contributed by atoms with Gasteiger partial charge in [-0.05, 0) is 128 Å². The fraction of sp³-hybridized carbons (Fsp3) is 0.364. The quantitative estimate of drug-likeness (QED) is 0.0270. The molecule has 0 spiro atoms. The minimum Gasteiger partial charge on any atom is -0.487 e. The van der Waals surface area contributed by atoms with E-state index in [-0.39, 0.29) is 75.0 Å². The second kappa shape index (κ2) is 23.8. The van der Waals surface area contributed by atoms with Crippen LogP contribution < -0.4 is 14.2 Å². The van der Waals surface area contributed by atoms with Crippen molar-refractivity contribution in [1.29, 1.82) is 0 Å². The maximum atomic E-state index is 15.1. The Balaban J connectivity index is 1.32. The number of halogens is 1. The van der Waals surface area contributed by atoms with Crippen molar-refractivity contribution in [1.82, 2.24) is 9.88 Å². The molecular weight excluding hydrogens is 942 g/mol. The molecule has 0 bridgehead atoms. The van der Waals surface area contributed by atoms with Crippen molar-refractivity contribution in [2.75, 3.05) is 19.8 Å². The normalized spacial score (nSPS) is 21.2. The number of aryl methyl sites for hydroxylation is 1. The number of ether oxygens (including phenoxy) is 4. The molecule has 1 aromatic heterocycles. The fourth-order valence-electron chi connectivity index (χ4n) is 10.4. The topological polar surface area (TPSA) is 218 Å². The summed E-state index contributed by atoms with van der Waals surface area (Å²) in [4.78, 5) is 49.4. The van der Waals surface area contributed by atoms with Crippen LogP contribution in [0.3, 0.4) is 0 Å². The number of fused-ring (bicyclic) bond motifs is 2. The molecule has 4 aromatic carbocycles. The zero-order valence-corrected chi connectivity index (χ0v) is 40.4. The summed E-state index contributed by atoms with van der Waals surface area (Å²) < 4.78 is 41.5. The summed E-state index contributed by atoms with van der Waals surface area (Å²) in [6.45, 7) is 5.87. The van der Waals surface area contributed by atoms with Crippen molar-refractivity contribution in [3.63, 3.8) is 0 Å². The summed E-state index contributed by atoms with van der Waals surface area (Å²) in [5, 5.41) is 48.0. The van der Waals surface area contributed by atoms with Gasteiger partial charge in [0.15, 0.2) is 0 Å². The van der Waals surface area contributed by atoms with Gasteiger partial charge in [0.1, 0.15) is 42.3 Å². The number of allylic oxidation sites excluding steroid dienone is 1. The molecule has 2 aliphatic carbocycles. The van der Waals surface area contributed by atoms with Crippen LogP contribution in [0, 0.1) is 50.7 Å². The number of aliphatic hydroxyl groups is 2. The minimum absolute atomic E-state index is 0.00561. The van der Waals surface area contributed by atoms with Crippen LogP contribution in [0.4, 0.5) is 20.6 Å². The van der Waals surface area contributed by atoms with Crippen LogP contribution in [0.2, 0.25) is 0 Å². The zero-order chi connectivity index (χ0) is 51.5. The second-order valence-corrected chi connectivity index (χ2v) is 18.4. The lowest BCUT2D eigenvalue weighted by Crippen LogP contribution is -2.70. The van der Waals surface area contributed by atoms with Gasteiger partial charge in [-0.15, -0.1) is 6.58 Å². The monoisotopic (exact) mass is 999 g/mol. The number of amides is 1. The van der Waals surface area contributed by atoms with E-state index in [0.29, 0.717) is 66.9 Å². The molecule has 18 heteroatoms. The van der Waals surface area contributed by atoms with Crippen molar-refractivity contribution < 1.29 is 53.0 Å². The predicted molar refractivity (Wildman–Crippen MR) is 267 cm³/mol. The van der Waals surface area contributed by atoms with Crippen LogP contribution in [0.1, 0.15) is 78.9 Å². The number of hydrogen-bond acceptors (Lipinski definition) is 14. The molecule has 73 heavy (non-hydrogen) atoms. The second-order valence-electron chi connectivity index (χ2n) is 18.4. The van der Waals surface area contributed by atoms with Crippen LogP contribution in [-0.2, 0) is 29.3 Å². The summed E-state index contributed by atoms with van der Waals surface area (Å²) in [5.74, 6) is -2.53. The summed E-state index contributed by atoms with van der Waals surface area (Å²) in [5.41, 5.74) is 4.46. The van der Waals surface area contributed by atoms with Crippen LogP contribution in [-0.4, -0.2) is 73.4 Å². The van der Waals surface area contributed by atoms with E-state index in [1.165, 1.54) is 53.4 Å². The fourth-order valence-corrected chi connectivity index (χ4v) is 10.4. The molecule has 0 radical (unpaired) electrons. The lowest BCUT2D eigenvalue weighted by atomic mass is 9.55. The van der Waals surface area contributed by atoms with Crippen LogP contribution >= 0.6 is 0 Å². The molecule has 6 atom stereocenters. The smallest absolute Gasteiger partial charge is 0.416 e. The van der Waals surface area contributed by atoms with E-state index in [9.17, 15) is 34.8 Å². The van der Waals surface area contributed by atoms with Crippen molar-refractivity contribution in [3.8, 4) is 17.2 Å². The predicted octanol–water partition coefficient (Wildman–Crippen LogP) is 10.5. The molecule has 1 aliphatic heterocycles. The highest BCUT2D eigenvalue weighted by molar-refractivity contribution is 6.03. The standard InChI is InChI=1S/C55H58FN5O12/c1-3-29-70-55-51(59(33-37-13-17-40(56)18-14-37)54(64)72-44-23-21-43(22-24-44)61(67)68)32-49(58-71-34-38-15-19-42(20-16-38)60(65)66)47-30-39(10-4-6-27-62)46(12-5-7-28-63)52(53(47)55)48-31-45(25-26-50(48)73-55)69-35-41-11-8-9-36(2)57-41/h3,8-9,11,13-26,30-31,39,46,51-53,62-63H,1,4-7,10,12,27-29,32-35H2,2H3. The third kappa shape index (κ3) is 12.1. The van der Waals surface area contributed by atoms with Crippen LogP contribution in [0.15, 0.2) is 139 Å². The minimum atomic E-state index is -1.72. The Hall–Kier alpha value is -7.54. The van der Waals surface area contributed by atoms with E-state index in [0.717, 1.165) is 22.5 Å². The number of carbonyl (C=O) groups excluding carboxylic acids is 1. The molecule has 8 rings (SSSR count).